The summed E-state index contributed by atoms with van der Waals surface area (Å²) in [5, 5.41) is 13.0. The van der Waals surface area contributed by atoms with Crippen molar-refractivity contribution in [1.82, 2.24) is 15.2 Å². The Morgan fingerprint density at radius 1 is 0.893 bits per heavy atom. The van der Waals surface area contributed by atoms with Crippen LogP contribution in [0.15, 0.2) is 79.3 Å². The second-order valence-corrected chi connectivity index (χ2v) is 6.42. The lowest BCUT2D eigenvalue weighted by Gasteiger charge is -2.10. The number of carbonyl (C=O) groups is 1. The van der Waals surface area contributed by atoms with E-state index in [4.69, 9.17) is 0 Å². The first-order valence-corrected chi connectivity index (χ1v) is 8.88. The molecule has 2 amide bonds. The Morgan fingerprint density at radius 2 is 1.61 bits per heavy atom. The van der Waals surface area contributed by atoms with Crippen molar-refractivity contribution < 1.29 is 4.79 Å². The molecule has 0 radical (unpaired) electrons. The monoisotopic (exact) mass is 369 g/mol. The molecule has 4 rings (SSSR count). The Bertz CT molecular complexity index is 1100. The molecule has 0 saturated carbocycles. The normalized spacial score (nSPS) is 10.5. The number of nitrogens with one attached hydrogen (secondary N) is 3. The van der Waals surface area contributed by atoms with E-state index in [1.165, 1.54) is 0 Å². The van der Waals surface area contributed by atoms with E-state index in [0.717, 1.165) is 33.6 Å². The zero-order valence-corrected chi connectivity index (χ0v) is 15.3. The van der Waals surface area contributed by atoms with Crippen LogP contribution in [-0.2, 0) is 0 Å². The highest BCUT2D eigenvalue weighted by Crippen LogP contribution is 2.31. The largest absolute Gasteiger partial charge is 0.323 e. The number of carbonyl (C=O) groups excluding carboxylic acids is 1. The molecule has 2 aromatic heterocycles. The third-order valence-electron chi connectivity index (χ3n) is 4.32. The number of hydrogen-bond donors (Lipinski definition) is 3. The summed E-state index contributed by atoms with van der Waals surface area (Å²) >= 11 is 0. The van der Waals surface area contributed by atoms with Gasteiger partial charge in [0.1, 0.15) is 0 Å². The number of rotatable bonds is 4. The summed E-state index contributed by atoms with van der Waals surface area (Å²) in [7, 11) is 0. The summed E-state index contributed by atoms with van der Waals surface area (Å²) in [6.45, 7) is 1.98. The number of benzene rings is 2. The van der Waals surface area contributed by atoms with Crippen LogP contribution in [0.25, 0.3) is 22.4 Å². The standard InChI is InChI=1S/C22H19N5O/c1-15-4-2-6-18(12-15)25-22(28)26-19-7-3-5-17(13-19)21-20(14-24-27-21)16-8-10-23-11-9-16/h2-14H,1H3,(H,24,27)(H2,25,26,28). The highest BCUT2D eigenvalue weighted by Gasteiger charge is 2.11. The minimum atomic E-state index is -0.290. The van der Waals surface area contributed by atoms with Crippen molar-refractivity contribution >= 4 is 17.4 Å². The molecule has 0 aliphatic carbocycles. The number of aryl methyl sites for hydroxylation is 1. The predicted octanol–water partition coefficient (Wildman–Crippen LogP) is 5.09. The maximum absolute atomic E-state index is 12.3. The van der Waals surface area contributed by atoms with Gasteiger partial charge in [0.15, 0.2) is 0 Å². The van der Waals surface area contributed by atoms with E-state index in [1.54, 1.807) is 18.6 Å². The van der Waals surface area contributed by atoms with Crippen molar-refractivity contribution in [3.8, 4) is 22.4 Å². The average molecular weight is 369 g/mol. The molecule has 0 saturated heterocycles. The summed E-state index contributed by atoms with van der Waals surface area (Å²) in [5.41, 5.74) is 6.34. The van der Waals surface area contributed by atoms with Gasteiger partial charge in [-0.2, -0.15) is 5.10 Å². The number of amides is 2. The molecule has 2 aromatic carbocycles. The topological polar surface area (TPSA) is 82.7 Å². The average Bonchev–Trinajstić information content (AvgIpc) is 3.19. The number of urea groups is 1. The quantitative estimate of drug-likeness (QED) is 0.468. The van der Waals surface area contributed by atoms with Gasteiger partial charge >= 0.3 is 6.03 Å². The van der Waals surface area contributed by atoms with Gasteiger partial charge in [0.2, 0.25) is 0 Å². The first kappa shape index (κ1) is 17.5. The van der Waals surface area contributed by atoms with Crippen LogP contribution < -0.4 is 10.6 Å². The summed E-state index contributed by atoms with van der Waals surface area (Å²) in [4.78, 5) is 16.4. The van der Waals surface area contributed by atoms with Crippen LogP contribution in [0, 0.1) is 6.92 Å². The Hall–Kier alpha value is -3.93. The minimum Gasteiger partial charge on any atom is -0.308 e. The van der Waals surface area contributed by atoms with Crippen molar-refractivity contribution in [3.05, 3.63) is 84.8 Å². The summed E-state index contributed by atoms with van der Waals surface area (Å²) in [5.74, 6) is 0. The molecule has 3 N–H and O–H groups in total. The molecule has 138 valence electrons. The molecule has 0 bridgehead atoms. The Labute approximate surface area is 162 Å². The molecule has 0 aliphatic heterocycles. The van der Waals surface area contributed by atoms with Gasteiger partial charge < -0.3 is 10.6 Å². The number of pyridine rings is 1. The third-order valence-corrected chi connectivity index (χ3v) is 4.32. The maximum atomic E-state index is 12.3. The summed E-state index contributed by atoms with van der Waals surface area (Å²) in [6.07, 6.45) is 5.29. The molecular weight excluding hydrogens is 350 g/mol. The van der Waals surface area contributed by atoms with Gasteiger partial charge in [0.05, 0.1) is 11.9 Å². The van der Waals surface area contributed by atoms with Crippen LogP contribution in [0.5, 0.6) is 0 Å². The zero-order valence-electron chi connectivity index (χ0n) is 15.3. The lowest BCUT2D eigenvalue weighted by atomic mass is 10.0. The van der Waals surface area contributed by atoms with Crippen LogP contribution in [0.1, 0.15) is 5.56 Å². The maximum Gasteiger partial charge on any atom is 0.323 e. The number of H-pyrrole nitrogens is 1. The van der Waals surface area contributed by atoms with Gasteiger partial charge in [0, 0.05) is 34.9 Å². The van der Waals surface area contributed by atoms with E-state index >= 15 is 0 Å². The van der Waals surface area contributed by atoms with E-state index < -0.39 is 0 Å². The van der Waals surface area contributed by atoms with Crippen LogP contribution >= 0.6 is 0 Å². The smallest absolute Gasteiger partial charge is 0.308 e. The molecule has 6 nitrogen and oxygen atoms in total. The van der Waals surface area contributed by atoms with Crippen LogP contribution in [0.2, 0.25) is 0 Å². The highest BCUT2D eigenvalue weighted by molar-refractivity contribution is 6.00. The first-order chi connectivity index (χ1) is 13.7. The van der Waals surface area contributed by atoms with E-state index in [2.05, 4.69) is 25.8 Å². The van der Waals surface area contributed by atoms with E-state index in [1.807, 2.05) is 67.6 Å². The molecular formula is C22H19N5O. The van der Waals surface area contributed by atoms with Crippen molar-refractivity contribution in [2.45, 2.75) is 6.92 Å². The van der Waals surface area contributed by atoms with Gasteiger partial charge in [-0.15, -0.1) is 0 Å². The highest BCUT2D eigenvalue weighted by atomic mass is 16.2. The van der Waals surface area contributed by atoms with Crippen molar-refractivity contribution in [2.24, 2.45) is 0 Å². The van der Waals surface area contributed by atoms with Crippen LogP contribution in [-0.4, -0.2) is 21.2 Å². The van der Waals surface area contributed by atoms with E-state index in [-0.39, 0.29) is 6.03 Å². The van der Waals surface area contributed by atoms with Gasteiger partial charge in [-0.1, -0.05) is 24.3 Å². The second kappa shape index (κ2) is 7.75. The first-order valence-electron chi connectivity index (χ1n) is 8.88. The SMILES string of the molecule is Cc1cccc(NC(=O)Nc2cccc(-c3[nH]ncc3-c3ccncc3)c2)c1. The number of anilines is 2. The van der Waals surface area contributed by atoms with Gasteiger partial charge in [-0.05, 0) is 54.4 Å². The lowest BCUT2D eigenvalue weighted by Crippen LogP contribution is -2.19. The van der Waals surface area contributed by atoms with E-state index in [9.17, 15) is 4.79 Å². The van der Waals surface area contributed by atoms with Crippen LogP contribution in [0.3, 0.4) is 0 Å². The number of nitrogens with zero attached hydrogens (tertiary/aromatic N) is 2. The second-order valence-electron chi connectivity index (χ2n) is 6.42. The minimum absolute atomic E-state index is 0.290. The molecule has 0 atom stereocenters. The van der Waals surface area contributed by atoms with Crippen molar-refractivity contribution in [1.29, 1.82) is 0 Å². The van der Waals surface area contributed by atoms with Gasteiger partial charge in [-0.3, -0.25) is 10.1 Å². The van der Waals surface area contributed by atoms with Crippen molar-refractivity contribution in [2.75, 3.05) is 10.6 Å². The zero-order chi connectivity index (χ0) is 19.3. The summed E-state index contributed by atoms with van der Waals surface area (Å²) in [6, 6.07) is 18.9. The molecule has 28 heavy (non-hydrogen) atoms. The molecule has 0 spiro atoms. The molecule has 2 heterocycles. The molecule has 6 heteroatoms. The lowest BCUT2D eigenvalue weighted by molar-refractivity contribution is 0.262. The number of hydrogen-bond acceptors (Lipinski definition) is 3. The molecule has 4 aromatic rings. The Kier molecular flexibility index (Phi) is 4.84. The molecule has 0 aliphatic rings. The van der Waals surface area contributed by atoms with Crippen molar-refractivity contribution in [3.63, 3.8) is 0 Å². The fourth-order valence-electron chi connectivity index (χ4n) is 3.03. The predicted molar refractivity (Wildman–Crippen MR) is 111 cm³/mol. The number of aromatic nitrogens is 3. The van der Waals surface area contributed by atoms with E-state index in [0.29, 0.717) is 5.69 Å². The Balaban J connectivity index is 1.54. The van der Waals surface area contributed by atoms with Gasteiger partial charge in [-0.25, -0.2) is 4.79 Å². The summed E-state index contributed by atoms with van der Waals surface area (Å²) < 4.78 is 0. The van der Waals surface area contributed by atoms with Gasteiger partial charge in [0.25, 0.3) is 0 Å². The Morgan fingerprint density at radius 3 is 2.36 bits per heavy atom. The fraction of sp³-hybridized carbons (Fsp3) is 0.0455. The molecule has 0 unspecified atom stereocenters. The molecule has 0 fully saturated rings. The number of aromatic amines is 1. The fourth-order valence-corrected chi connectivity index (χ4v) is 3.03. The van der Waals surface area contributed by atoms with Crippen LogP contribution in [0.4, 0.5) is 16.2 Å². The third kappa shape index (κ3) is 3.91.